The van der Waals surface area contributed by atoms with E-state index >= 15 is 0 Å². The van der Waals surface area contributed by atoms with Gasteiger partial charge in [0, 0.05) is 12.1 Å². The maximum atomic E-state index is 11.7. The van der Waals surface area contributed by atoms with E-state index in [1.165, 1.54) is 0 Å². The van der Waals surface area contributed by atoms with E-state index in [0.717, 1.165) is 18.2 Å². The Kier molecular flexibility index (Phi) is 4.12. The molecule has 8 heteroatoms. The lowest BCUT2D eigenvalue weighted by atomic mass is 10.2. The molecular formula is C10H14N2O5S. The number of phenolic OH excluding ortho intramolecular Hbond substituents is 1. The topological polar surface area (TPSA) is 110 Å². The molecular weight excluding hydrogens is 260 g/mol. The van der Waals surface area contributed by atoms with Gasteiger partial charge in [0.25, 0.3) is 5.69 Å². The Morgan fingerprint density at radius 3 is 2.56 bits per heavy atom. The molecule has 0 aliphatic carbocycles. The van der Waals surface area contributed by atoms with Crippen LogP contribution in [-0.4, -0.2) is 24.2 Å². The van der Waals surface area contributed by atoms with E-state index in [4.69, 9.17) is 0 Å². The van der Waals surface area contributed by atoms with E-state index in [1.54, 1.807) is 13.8 Å². The predicted octanol–water partition coefficient (Wildman–Crippen LogP) is 1.70. The van der Waals surface area contributed by atoms with Crippen molar-refractivity contribution >= 4 is 21.4 Å². The summed E-state index contributed by atoms with van der Waals surface area (Å²) in [5.41, 5.74) is -0.486. The van der Waals surface area contributed by atoms with Crippen LogP contribution in [0.4, 0.5) is 11.4 Å². The summed E-state index contributed by atoms with van der Waals surface area (Å²) in [6.07, 6.45) is 0. The van der Waals surface area contributed by atoms with Crippen molar-refractivity contribution in [3.05, 3.63) is 28.3 Å². The minimum Gasteiger partial charge on any atom is -0.506 e. The molecule has 1 rings (SSSR count). The number of sulfonamides is 1. The first-order valence-corrected chi connectivity index (χ1v) is 6.84. The van der Waals surface area contributed by atoms with Gasteiger partial charge in [0.1, 0.15) is 5.75 Å². The lowest BCUT2D eigenvalue weighted by molar-refractivity contribution is -0.384. The highest BCUT2D eigenvalue weighted by molar-refractivity contribution is 7.92. The van der Waals surface area contributed by atoms with Gasteiger partial charge in [-0.2, -0.15) is 0 Å². The van der Waals surface area contributed by atoms with Crippen molar-refractivity contribution in [1.82, 2.24) is 0 Å². The molecule has 0 bridgehead atoms. The Morgan fingerprint density at radius 2 is 2.06 bits per heavy atom. The molecule has 2 N–H and O–H groups in total. The summed E-state index contributed by atoms with van der Waals surface area (Å²) in [4.78, 5) is 9.89. The summed E-state index contributed by atoms with van der Waals surface area (Å²) in [6, 6.07) is 3.15. The number of nitro groups is 1. The van der Waals surface area contributed by atoms with Crippen LogP contribution in [-0.2, 0) is 10.0 Å². The van der Waals surface area contributed by atoms with Crippen LogP contribution < -0.4 is 4.72 Å². The van der Waals surface area contributed by atoms with Crippen molar-refractivity contribution < 1.29 is 18.4 Å². The number of nitro benzene ring substituents is 1. The summed E-state index contributed by atoms with van der Waals surface area (Å²) < 4.78 is 25.4. The number of phenols is 1. The monoisotopic (exact) mass is 274 g/mol. The van der Waals surface area contributed by atoms with Crippen LogP contribution in [0, 0.1) is 16.0 Å². The number of nitrogens with zero attached hydrogens (tertiary/aromatic N) is 1. The van der Waals surface area contributed by atoms with Crippen molar-refractivity contribution in [3.8, 4) is 5.75 Å². The normalized spacial score (nSPS) is 11.5. The highest BCUT2D eigenvalue weighted by Gasteiger charge is 2.17. The first kappa shape index (κ1) is 14.2. The first-order chi connectivity index (χ1) is 8.21. The number of hydrogen-bond donors (Lipinski definition) is 2. The molecule has 18 heavy (non-hydrogen) atoms. The molecule has 1 aromatic rings. The molecule has 1 aromatic carbocycles. The molecule has 0 fully saturated rings. The molecule has 7 nitrogen and oxygen atoms in total. The van der Waals surface area contributed by atoms with Crippen molar-refractivity contribution in [2.45, 2.75) is 13.8 Å². The smallest absolute Gasteiger partial charge is 0.271 e. The molecule has 0 heterocycles. The van der Waals surface area contributed by atoms with Crippen LogP contribution in [0.3, 0.4) is 0 Å². The molecule has 0 saturated heterocycles. The van der Waals surface area contributed by atoms with E-state index in [2.05, 4.69) is 4.72 Å². The highest BCUT2D eigenvalue weighted by Crippen LogP contribution is 2.28. The minimum absolute atomic E-state index is 0.0941. The molecule has 0 aliphatic rings. The largest absolute Gasteiger partial charge is 0.506 e. The fourth-order valence-corrected chi connectivity index (χ4v) is 2.83. The second kappa shape index (κ2) is 5.21. The molecule has 0 radical (unpaired) electrons. The van der Waals surface area contributed by atoms with Gasteiger partial charge in [0.2, 0.25) is 10.0 Å². The summed E-state index contributed by atoms with van der Waals surface area (Å²) in [6.45, 7) is 3.46. The van der Waals surface area contributed by atoms with Crippen LogP contribution >= 0.6 is 0 Å². The molecule has 0 unspecified atom stereocenters. The quantitative estimate of drug-likeness (QED) is 0.482. The van der Waals surface area contributed by atoms with Crippen LogP contribution in [0.2, 0.25) is 0 Å². The second-order valence-electron chi connectivity index (χ2n) is 4.24. The van der Waals surface area contributed by atoms with Crippen molar-refractivity contribution in [1.29, 1.82) is 0 Å². The van der Waals surface area contributed by atoms with Gasteiger partial charge in [-0.1, -0.05) is 13.8 Å². The van der Waals surface area contributed by atoms with Crippen LogP contribution in [0.1, 0.15) is 13.8 Å². The maximum absolute atomic E-state index is 11.7. The van der Waals surface area contributed by atoms with E-state index in [-0.39, 0.29) is 28.8 Å². The summed E-state index contributed by atoms with van der Waals surface area (Å²) in [5, 5.41) is 20.0. The highest BCUT2D eigenvalue weighted by atomic mass is 32.2. The van der Waals surface area contributed by atoms with Crippen LogP contribution in [0.5, 0.6) is 5.75 Å². The van der Waals surface area contributed by atoms with Gasteiger partial charge in [0.05, 0.1) is 16.4 Å². The zero-order valence-corrected chi connectivity index (χ0v) is 10.8. The van der Waals surface area contributed by atoms with Crippen LogP contribution in [0.25, 0.3) is 0 Å². The van der Waals surface area contributed by atoms with E-state index in [1.807, 2.05) is 0 Å². The second-order valence-corrected chi connectivity index (χ2v) is 6.00. The molecule has 0 amide bonds. The third-order valence-corrected chi connectivity index (χ3v) is 3.65. The molecule has 0 aromatic heterocycles. The standard InChI is InChI=1S/C10H14N2O5S/c1-7(2)6-18(16,17)11-9-5-8(12(14)15)3-4-10(9)13/h3-5,7,11,13H,6H2,1-2H3. The SMILES string of the molecule is CC(C)CS(=O)(=O)Nc1cc([N+](=O)[O-])ccc1O. The number of rotatable bonds is 5. The van der Waals surface area contributed by atoms with Crippen molar-refractivity contribution in [2.24, 2.45) is 5.92 Å². The Labute approximate surface area is 105 Å². The minimum atomic E-state index is -3.63. The predicted molar refractivity (Wildman–Crippen MR) is 67.0 cm³/mol. The average molecular weight is 274 g/mol. The number of hydrogen-bond acceptors (Lipinski definition) is 5. The first-order valence-electron chi connectivity index (χ1n) is 5.19. The van der Waals surface area contributed by atoms with Gasteiger partial charge < -0.3 is 5.11 Å². The summed E-state index contributed by atoms with van der Waals surface area (Å²) >= 11 is 0. The third-order valence-electron chi connectivity index (χ3n) is 2.01. The van der Waals surface area contributed by atoms with Crippen molar-refractivity contribution in [3.63, 3.8) is 0 Å². The lowest BCUT2D eigenvalue weighted by Crippen LogP contribution is -2.20. The molecule has 0 aliphatic heterocycles. The van der Waals surface area contributed by atoms with Gasteiger partial charge in [0.15, 0.2) is 0 Å². The molecule has 100 valence electrons. The Hall–Kier alpha value is -1.83. The zero-order valence-electron chi connectivity index (χ0n) is 9.95. The fraction of sp³-hybridized carbons (Fsp3) is 0.400. The lowest BCUT2D eigenvalue weighted by Gasteiger charge is -2.10. The van der Waals surface area contributed by atoms with E-state index < -0.39 is 14.9 Å². The Morgan fingerprint density at radius 1 is 1.44 bits per heavy atom. The maximum Gasteiger partial charge on any atom is 0.271 e. The van der Waals surface area contributed by atoms with E-state index in [0.29, 0.717) is 0 Å². The number of aromatic hydroxyl groups is 1. The summed E-state index contributed by atoms with van der Waals surface area (Å²) in [5.74, 6) is -0.578. The van der Waals surface area contributed by atoms with Gasteiger partial charge >= 0.3 is 0 Å². The molecule has 0 spiro atoms. The van der Waals surface area contributed by atoms with Gasteiger partial charge in [-0.3, -0.25) is 14.8 Å². The number of benzene rings is 1. The zero-order chi connectivity index (χ0) is 13.9. The summed E-state index contributed by atoms with van der Waals surface area (Å²) in [7, 11) is -3.63. The van der Waals surface area contributed by atoms with Gasteiger partial charge in [-0.05, 0) is 12.0 Å². The van der Waals surface area contributed by atoms with Crippen molar-refractivity contribution in [2.75, 3.05) is 10.5 Å². The Bertz CT molecular complexity index is 553. The number of anilines is 1. The molecule has 0 atom stereocenters. The average Bonchev–Trinajstić information content (AvgIpc) is 2.18. The van der Waals surface area contributed by atoms with Gasteiger partial charge in [-0.25, -0.2) is 8.42 Å². The van der Waals surface area contributed by atoms with E-state index in [9.17, 15) is 23.6 Å². The fourth-order valence-electron chi connectivity index (χ4n) is 1.37. The van der Waals surface area contributed by atoms with Gasteiger partial charge in [-0.15, -0.1) is 0 Å². The Balaban J connectivity index is 3.04. The third kappa shape index (κ3) is 3.88. The molecule has 0 saturated carbocycles. The number of nitrogens with one attached hydrogen (secondary N) is 1. The number of non-ortho nitro benzene ring substituents is 1. The van der Waals surface area contributed by atoms with Crippen LogP contribution in [0.15, 0.2) is 18.2 Å².